The average molecular weight is 379 g/mol. The number of rotatable bonds is 7. The van der Waals surface area contributed by atoms with Gasteiger partial charge in [0, 0.05) is 24.8 Å². The van der Waals surface area contributed by atoms with Gasteiger partial charge in [-0.25, -0.2) is 13.1 Å². The van der Waals surface area contributed by atoms with Crippen molar-refractivity contribution in [1.82, 2.24) is 15.2 Å². The first-order chi connectivity index (χ1) is 12.4. The summed E-state index contributed by atoms with van der Waals surface area (Å²) in [6, 6.07) is 7.55. The fourth-order valence-electron chi connectivity index (χ4n) is 2.67. The highest BCUT2D eigenvalue weighted by Crippen LogP contribution is 2.14. The van der Waals surface area contributed by atoms with Crippen LogP contribution in [0.4, 0.5) is 0 Å². The summed E-state index contributed by atoms with van der Waals surface area (Å²) in [6.45, 7) is 2.86. The van der Waals surface area contributed by atoms with Crippen LogP contribution in [0, 0.1) is 6.92 Å². The van der Waals surface area contributed by atoms with Crippen LogP contribution in [0.3, 0.4) is 0 Å². The molecule has 0 saturated carbocycles. The molecule has 1 amide bonds. The number of ether oxygens (including phenoxy) is 1. The van der Waals surface area contributed by atoms with Crippen LogP contribution < -0.4 is 10.0 Å². The predicted molar refractivity (Wildman–Crippen MR) is 93.0 cm³/mol. The molecule has 0 bridgehead atoms. The Morgan fingerprint density at radius 1 is 1.35 bits per heavy atom. The number of carbonyl (C=O) groups excluding carboxylic acids is 1. The lowest BCUT2D eigenvalue weighted by molar-refractivity contribution is 0.0857. The Morgan fingerprint density at radius 3 is 2.88 bits per heavy atom. The molecule has 0 aliphatic carbocycles. The summed E-state index contributed by atoms with van der Waals surface area (Å²) in [4.78, 5) is 12.3. The molecule has 1 aliphatic rings. The monoisotopic (exact) mass is 379 g/mol. The maximum absolute atomic E-state index is 12.4. The molecule has 1 aromatic carbocycles. The zero-order chi connectivity index (χ0) is 18.6. The predicted octanol–water partition coefficient (Wildman–Crippen LogP) is 1.37. The number of hydrogen-bond acceptors (Lipinski definition) is 6. The van der Waals surface area contributed by atoms with E-state index in [9.17, 15) is 13.2 Å². The van der Waals surface area contributed by atoms with Crippen LogP contribution in [-0.2, 0) is 21.3 Å². The maximum Gasteiger partial charge on any atom is 0.251 e. The molecule has 2 N–H and O–H groups in total. The Morgan fingerprint density at radius 2 is 2.19 bits per heavy atom. The molecule has 1 fully saturated rings. The lowest BCUT2D eigenvalue weighted by Crippen LogP contribution is -2.32. The zero-order valence-corrected chi connectivity index (χ0v) is 15.2. The molecule has 2 aromatic rings. The molecule has 3 rings (SSSR count). The van der Waals surface area contributed by atoms with Gasteiger partial charge < -0.3 is 14.6 Å². The number of nitrogens with one attached hydrogen (secondary N) is 2. The van der Waals surface area contributed by atoms with Crippen molar-refractivity contribution in [3.63, 3.8) is 0 Å². The van der Waals surface area contributed by atoms with Crippen LogP contribution in [0.25, 0.3) is 0 Å². The van der Waals surface area contributed by atoms with Gasteiger partial charge in [0.2, 0.25) is 10.0 Å². The Hall–Kier alpha value is -2.23. The highest BCUT2D eigenvalue weighted by atomic mass is 32.2. The van der Waals surface area contributed by atoms with Crippen LogP contribution in [-0.4, -0.2) is 38.7 Å². The number of nitrogens with zero attached hydrogens (tertiary/aromatic N) is 1. The van der Waals surface area contributed by atoms with Gasteiger partial charge in [-0.3, -0.25) is 4.79 Å². The third-order valence-corrected chi connectivity index (χ3v) is 5.44. The fourth-order valence-corrected chi connectivity index (χ4v) is 3.72. The molecular weight excluding hydrogens is 358 g/mol. The highest BCUT2D eigenvalue weighted by molar-refractivity contribution is 7.89. The molecule has 8 nitrogen and oxygen atoms in total. The molecule has 0 spiro atoms. The lowest BCUT2D eigenvalue weighted by Gasteiger charge is -2.11. The van der Waals surface area contributed by atoms with Crippen molar-refractivity contribution in [2.45, 2.75) is 37.3 Å². The van der Waals surface area contributed by atoms with E-state index in [4.69, 9.17) is 9.26 Å². The zero-order valence-electron chi connectivity index (χ0n) is 14.4. The fraction of sp³-hybridized carbons (Fsp3) is 0.412. The topological polar surface area (TPSA) is 111 Å². The van der Waals surface area contributed by atoms with E-state index in [-0.39, 0.29) is 29.0 Å². The highest BCUT2D eigenvalue weighted by Gasteiger charge is 2.19. The Kier molecular flexibility index (Phi) is 5.70. The molecule has 0 radical (unpaired) electrons. The standard InChI is InChI=1S/C17H21N3O5S/c1-12-8-14(20-25-12)10-19-26(22,23)16-6-2-4-13(9-16)17(21)18-11-15-5-3-7-24-15/h2,4,6,8-9,15,19H,3,5,7,10-11H2,1H3,(H,18,21). The van der Waals surface area contributed by atoms with E-state index in [1.807, 2.05) is 0 Å². The van der Waals surface area contributed by atoms with Crippen molar-refractivity contribution in [1.29, 1.82) is 0 Å². The SMILES string of the molecule is Cc1cc(CNS(=O)(=O)c2cccc(C(=O)NCC3CCCO3)c2)no1. The summed E-state index contributed by atoms with van der Waals surface area (Å²) in [7, 11) is -3.77. The van der Waals surface area contributed by atoms with Crippen LogP contribution in [0.15, 0.2) is 39.8 Å². The molecule has 1 atom stereocenters. The van der Waals surface area contributed by atoms with E-state index in [1.54, 1.807) is 19.1 Å². The molecule has 2 heterocycles. The van der Waals surface area contributed by atoms with Crippen molar-refractivity contribution in [3.8, 4) is 0 Å². The smallest absolute Gasteiger partial charge is 0.251 e. The molecular formula is C17H21N3O5S. The summed E-state index contributed by atoms with van der Waals surface area (Å²) in [5.41, 5.74) is 0.764. The van der Waals surface area contributed by atoms with E-state index in [0.717, 1.165) is 12.8 Å². The molecule has 1 saturated heterocycles. The van der Waals surface area contributed by atoms with Crippen molar-refractivity contribution in [3.05, 3.63) is 47.3 Å². The van der Waals surface area contributed by atoms with Gasteiger partial charge >= 0.3 is 0 Å². The van der Waals surface area contributed by atoms with E-state index < -0.39 is 10.0 Å². The van der Waals surface area contributed by atoms with Crippen LogP contribution in [0.1, 0.15) is 34.7 Å². The molecule has 140 valence electrons. The quantitative estimate of drug-likeness (QED) is 0.752. The van der Waals surface area contributed by atoms with Gasteiger partial charge in [0.1, 0.15) is 5.76 Å². The van der Waals surface area contributed by atoms with Crippen molar-refractivity contribution in [2.75, 3.05) is 13.2 Å². The van der Waals surface area contributed by atoms with Gasteiger partial charge in [-0.05, 0) is 38.0 Å². The summed E-state index contributed by atoms with van der Waals surface area (Å²) in [6.07, 6.45) is 1.93. The summed E-state index contributed by atoms with van der Waals surface area (Å²) in [5, 5.41) is 6.52. The maximum atomic E-state index is 12.4. The first kappa shape index (κ1) is 18.6. The molecule has 26 heavy (non-hydrogen) atoms. The van der Waals surface area contributed by atoms with Crippen LogP contribution in [0.2, 0.25) is 0 Å². The molecule has 1 aromatic heterocycles. The number of benzene rings is 1. The normalized spacial score (nSPS) is 17.3. The summed E-state index contributed by atoms with van der Waals surface area (Å²) >= 11 is 0. The molecule has 1 aliphatic heterocycles. The van der Waals surface area contributed by atoms with E-state index in [0.29, 0.717) is 24.6 Å². The van der Waals surface area contributed by atoms with Crippen molar-refractivity contribution < 1.29 is 22.5 Å². The van der Waals surface area contributed by atoms with Crippen molar-refractivity contribution in [2.24, 2.45) is 0 Å². The number of aryl methyl sites for hydroxylation is 1. The van der Waals surface area contributed by atoms with Crippen molar-refractivity contribution >= 4 is 15.9 Å². The number of carbonyl (C=O) groups is 1. The van der Waals surface area contributed by atoms with E-state index in [1.165, 1.54) is 18.2 Å². The Balaban J connectivity index is 1.63. The second-order valence-corrected chi connectivity index (χ2v) is 7.89. The Bertz CT molecular complexity index is 872. The third kappa shape index (κ3) is 4.69. The minimum atomic E-state index is -3.77. The minimum Gasteiger partial charge on any atom is -0.376 e. The Labute approximate surface area is 152 Å². The number of aromatic nitrogens is 1. The number of hydrogen-bond donors (Lipinski definition) is 2. The number of amides is 1. The lowest BCUT2D eigenvalue weighted by atomic mass is 10.2. The first-order valence-corrected chi connectivity index (χ1v) is 9.84. The number of sulfonamides is 1. The van der Waals surface area contributed by atoms with Crippen LogP contribution >= 0.6 is 0 Å². The minimum absolute atomic E-state index is 0.00904. The van der Waals surface area contributed by atoms with Gasteiger partial charge in [-0.1, -0.05) is 11.2 Å². The third-order valence-electron chi connectivity index (χ3n) is 4.04. The second kappa shape index (κ2) is 7.98. The average Bonchev–Trinajstić information content (AvgIpc) is 3.29. The van der Waals surface area contributed by atoms with Gasteiger partial charge in [0.25, 0.3) is 5.91 Å². The van der Waals surface area contributed by atoms with E-state index in [2.05, 4.69) is 15.2 Å². The largest absolute Gasteiger partial charge is 0.376 e. The summed E-state index contributed by atoms with van der Waals surface area (Å²) < 4.78 is 37.7. The van der Waals surface area contributed by atoms with Gasteiger partial charge in [-0.2, -0.15) is 0 Å². The van der Waals surface area contributed by atoms with Gasteiger partial charge in [0.15, 0.2) is 0 Å². The molecule has 9 heteroatoms. The first-order valence-electron chi connectivity index (χ1n) is 8.36. The molecule has 1 unspecified atom stereocenters. The summed E-state index contributed by atoms with van der Waals surface area (Å²) in [5.74, 6) is 0.272. The van der Waals surface area contributed by atoms with E-state index >= 15 is 0 Å². The van der Waals surface area contributed by atoms with Gasteiger partial charge in [0.05, 0.1) is 23.2 Å². The second-order valence-electron chi connectivity index (χ2n) is 6.13. The van der Waals surface area contributed by atoms with Crippen LogP contribution in [0.5, 0.6) is 0 Å². The van der Waals surface area contributed by atoms with Gasteiger partial charge in [-0.15, -0.1) is 0 Å².